The van der Waals surface area contributed by atoms with E-state index in [2.05, 4.69) is 6.07 Å². The molecule has 1 aromatic heterocycles. The van der Waals surface area contributed by atoms with Crippen molar-refractivity contribution in [1.29, 1.82) is 5.26 Å². The lowest BCUT2D eigenvalue weighted by Gasteiger charge is -2.11. The molecular weight excluding hydrogens is 212 g/mol. The van der Waals surface area contributed by atoms with Crippen molar-refractivity contribution in [1.82, 2.24) is 4.57 Å². The Balaban J connectivity index is 2.33. The van der Waals surface area contributed by atoms with Gasteiger partial charge in [-0.1, -0.05) is 24.3 Å². The molecule has 0 amide bonds. The SMILES string of the molecule is CC(=O)c1ccc(C(C#N)n2cccc2)cc1. The number of Topliss-reactive ketones (excluding diaryl/α,β-unsaturated/α-hetero) is 1. The predicted octanol–water partition coefficient (Wildman–Crippen LogP) is 2.80. The van der Waals surface area contributed by atoms with Gasteiger partial charge in [-0.3, -0.25) is 4.79 Å². The first-order valence-corrected chi connectivity index (χ1v) is 5.35. The molecule has 0 aliphatic heterocycles. The Morgan fingerprint density at radius 3 is 2.29 bits per heavy atom. The lowest BCUT2D eigenvalue weighted by atomic mass is 10.0. The van der Waals surface area contributed by atoms with Crippen LogP contribution in [0.2, 0.25) is 0 Å². The van der Waals surface area contributed by atoms with Crippen molar-refractivity contribution in [2.24, 2.45) is 0 Å². The third-order valence-electron chi connectivity index (χ3n) is 2.68. The van der Waals surface area contributed by atoms with Gasteiger partial charge in [-0.15, -0.1) is 0 Å². The van der Waals surface area contributed by atoms with Crippen LogP contribution in [-0.4, -0.2) is 10.4 Å². The normalized spacial score (nSPS) is 11.8. The highest BCUT2D eigenvalue weighted by atomic mass is 16.1. The van der Waals surface area contributed by atoms with Crippen molar-refractivity contribution < 1.29 is 4.79 Å². The molecule has 1 heterocycles. The van der Waals surface area contributed by atoms with E-state index in [1.807, 2.05) is 41.2 Å². The number of nitrogens with zero attached hydrogens (tertiary/aromatic N) is 2. The van der Waals surface area contributed by atoms with Gasteiger partial charge >= 0.3 is 0 Å². The molecule has 0 radical (unpaired) electrons. The van der Waals surface area contributed by atoms with Crippen LogP contribution in [0.25, 0.3) is 0 Å². The van der Waals surface area contributed by atoms with E-state index in [9.17, 15) is 10.1 Å². The van der Waals surface area contributed by atoms with E-state index in [1.54, 1.807) is 12.1 Å². The number of carbonyl (C=O) groups is 1. The van der Waals surface area contributed by atoms with Crippen LogP contribution in [0.3, 0.4) is 0 Å². The predicted molar refractivity (Wildman–Crippen MR) is 64.6 cm³/mol. The van der Waals surface area contributed by atoms with E-state index in [4.69, 9.17) is 0 Å². The van der Waals surface area contributed by atoms with Crippen LogP contribution in [0.15, 0.2) is 48.8 Å². The molecule has 0 fully saturated rings. The summed E-state index contributed by atoms with van der Waals surface area (Å²) >= 11 is 0. The van der Waals surface area contributed by atoms with Crippen molar-refractivity contribution in [3.63, 3.8) is 0 Å². The Kier molecular flexibility index (Phi) is 3.06. The summed E-state index contributed by atoms with van der Waals surface area (Å²) < 4.78 is 1.84. The first-order chi connectivity index (χ1) is 8.22. The molecule has 0 N–H and O–H groups in total. The molecule has 3 nitrogen and oxygen atoms in total. The van der Waals surface area contributed by atoms with Crippen LogP contribution < -0.4 is 0 Å². The maximum Gasteiger partial charge on any atom is 0.159 e. The molecule has 0 aliphatic rings. The molecule has 0 aliphatic carbocycles. The molecule has 1 aromatic carbocycles. The topological polar surface area (TPSA) is 45.8 Å². The third kappa shape index (κ3) is 2.26. The van der Waals surface area contributed by atoms with E-state index in [-0.39, 0.29) is 11.8 Å². The Morgan fingerprint density at radius 1 is 1.24 bits per heavy atom. The Bertz CT molecular complexity index is 547. The zero-order valence-electron chi connectivity index (χ0n) is 9.50. The number of aromatic nitrogens is 1. The smallest absolute Gasteiger partial charge is 0.159 e. The molecule has 2 aromatic rings. The van der Waals surface area contributed by atoms with Crippen molar-refractivity contribution >= 4 is 5.78 Å². The number of rotatable bonds is 3. The average Bonchev–Trinajstić information content (AvgIpc) is 2.84. The highest BCUT2D eigenvalue weighted by Crippen LogP contribution is 2.18. The van der Waals surface area contributed by atoms with Crippen LogP contribution in [-0.2, 0) is 0 Å². The molecule has 0 spiro atoms. The number of benzene rings is 1. The van der Waals surface area contributed by atoms with E-state index in [1.165, 1.54) is 6.92 Å². The molecule has 0 bridgehead atoms. The van der Waals surface area contributed by atoms with Gasteiger partial charge in [0, 0.05) is 18.0 Å². The van der Waals surface area contributed by atoms with Crippen LogP contribution in [0.1, 0.15) is 28.9 Å². The zero-order valence-corrected chi connectivity index (χ0v) is 9.50. The van der Waals surface area contributed by atoms with Gasteiger partial charge in [-0.05, 0) is 24.6 Å². The summed E-state index contributed by atoms with van der Waals surface area (Å²) in [6.45, 7) is 1.53. The second-order valence-electron chi connectivity index (χ2n) is 3.84. The van der Waals surface area contributed by atoms with Gasteiger partial charge < -0.3 is 4.57 Å². The van der Waals surface area contributed by atoms with Gasteiger partial charge in [-0.2, -0.15) is 5.26 Å². The molecule has 2 rings (SSSR count). The summed E-state index contributed by atoms with van der Waals surface area (Å²) in [4.78, 5) is 11.2. The minimum absolute atomic E-state index is 0.0334. The summed E-state index contributed by atoms with van der Waals surface area (Å²) in [5, 5.41) is 9.19. The highest BCUT2D eigenvalue weighted by molar-refractivity contribution is 5.94. The van der Waals surface area contributed by atoms with Crippen molar-refractivity contribution in [2.45, 2.75) is 13.0 Å². The van der Waals surface area contributed by atoms with E-state index in [0.717, 1.165) is 5.56 Å². The lowest BCUT2D eigenvalue weighted by Crippen LogP contribution is -2.06. The number of ketones is 1. The quantitative estimate of drug-likeness (QED) is 0.752. The Labute approximate surface area is 99.9 Å². The molecule has 0 saturated carbocycles. The van der Waals surface area contributed by atoms with Gasteiger partial charge in [-0.25, -0.2) is 0 Å². The monoisotopic (exact) mass is 224 g/mol. The van der Waals surface area contributed by atoms with E-state index >= 15 is 0 Å². The Morgan fingerprint density at radius 2 is 1.82 bits per heavy atom. The largest absolute Gasteiger partial charge is 0.334 e. The van der Waals surface area contributed by atoms with Crippen molar-refractivity contribution in [3.05, 3.63) is 59.9 Å². The number of hydrogen-bond acceptors (Lipinski definition) is 2. The van der Waals surface area contributed by atoms with Gasteiger partial charge in [0.15, 0.2) is 5.78 Å². The maximum atomic E-state index is 11.2. The molecule has 1 atom stereocenters. The molecule has 3 heteroatoms. The minimum atomic E-state index is -0.342. The van der Waals surface area contributed by atoms with Gasteiger partial charge in [0.1, 0.15) is 6.04 Å². The van der Waals surface area contributed by atoms with Crippen molar-refractivity contribution in [2.75, 3.05) is 0 Å². The number of carbonyl (C=O) groups excluding carboxylic acids is 1. The second-order valence-corrected chi connectivity index (χ2v) is 3.84. The summed E-state index contributed by atoms with van der Waals surface area (Å²) in [5.41, 5.74) is 1.55. The van der Waals surface area contributed by atoms with Gasteiger partial charge in [0.2, 0.25) is 0 Å². The van der Waals surface area contributed by atoms with Crippen LogP contribution >= 0.6 is 0 Å². The molecular formula is C14H12N2O. The fourth-order valence-corrected chi connectivity index (χ4v) is 1.73. The summed E-state index contributed by atoms with van der Waals surface area (Å²) in [5.74, 6) is 0.0334. The van der Waals surface area contributed by atoms with E-state index < -0.39 is 0 Å². The fraction of sp³-hybridized carbons (Fsp3) is 0.143. The molecule has 1 unspecified atom stereocenters. The van der Waals surface area contributed by atoms with Crippen LogP contribution in [0.5, 0.6) is 0 Å². The van der Waals surface area contributed by atoms with Crippen LogP contribution in [0.4, 0.5) is 0 Å². The van der Waals surface area contributed by atoms with Gasteiger partial charge in [0.25, 0.3) is 0 Å². The molecule has 84 valence electrons. The van der Waals surface area contributed by atoms with Crippen molar-refractivity contribution in [3.8, 4) is 6.07 Å². The summed E-state index contributed by atoms with van der Waals surface area (Å²) in [6, 6.07) is 12.8. The summed E-state index contributed by atoms with van der Waals surface area (Å²) in [6.07, 6.45) is 3.71. The summed E-state index contributed by atoms with van der Waals surface area (Å²) in [7, 11) is 0. The lowest BCUT2D eigenvalue weighted by molar-refractivity contribution is 0.101. The molecule has 17 heavy (non-hydrogen) atoms. The third-order valence-corrected chi connectivity index (χ3v) is 2.68. The first-order valence-electron chi connectivity index (χ1n) is 5.35. The fourth-order valence-electron chi connectivity index (χ4n) is 1.73. The van der Waals surface area contributed by atoms with Gasteiger partial charge in [0.05, 0.1) is 6.07 Å². The standard InChI is InChI=1S/C14H12N2O/c1-11(17)12-4-6-13(7-5-12)14(10-15)16-8-2-3-9-16/h2-9,14H,1H3. The number of hydrogen-bond donors (Lipinski definition) is 0. The minimum Gasteiger partial charge on any atom is -0.334 e. The van der Waals surface area contributed by atoms with E-state index in [0.29, 0.717) is 5.56 Å². The number of nitriles is 1. The zero-order chi connectivity index (χ0) is 12.3. The Hall–Kier alpha value is -2.34. The first kappa shape index (κ1) is 11.2. The van der Waals surface area contributed by atoms with Crippen LogP contribution in [0, 0.1) is 11.3 Å². The maximum absolute atomic E-state index is 11.2. The average molecular weight is 224 g/mol. The second kappa shape index (κ2) is 4.67. The molecule has 0 saturated heterocycles. The highest BCUT2D eigenvalue weighted by Gasteiger charge is 2.11.